The lowest BCUT2D eigenvalue weighted by Crippen LogP contribution is -2.45. The molecule has 1 unspecified atom stereocenters. The van der Waals surface area contributed by atoms with E-state index in [-0.39, 0.29) is 11.1 Å². The molecule has 6 heteroatoms. The molecule has 0 radical (unpaired) electrons. The van der Waals surface area contributed by atoms with E-state index in [1.807, 2.05) is 20.8 Å². The molecule has 0 aromatic carbocycles. The normalized spacial score (nSPS) is 23.3. The van der Waals surface area contributed by atoms with E-state index >= 15 is 0 Å². The second-order valence-corrected chi connectivity index (χ2v) is 13.8. The zero-order valence-corrected chi connectivity index (χ0v) is 17.1. The number of aliphatic hydroxyl groups is 1. The van der Waals surface area contributed by atoms with Gasteiger partial charge in [0.15, 0.2) is 8.32 Å². The third kappa shape index (κ3) is 5.76. The maximum absolute atomic E-state index is 12.3. The highest BCUT2D eigenvalue weighted by atomic mass is 28.4. The van der Waals surface area contributed by atoms with Gasteiger partial charge in [-0.15, -0.1) is 0 Å². The third-order valence-corrected chi connectivity index (χ3v) is 9.34. The molecule has 1 aliphatic heterocycles. The van der Waals surface area contributed by atoms with Crippen LogP contribution in [0.2, 0.25) is 18.1 Å². The van der Waals surface area contributed by atoms with Crippen LogP contribution in [0.5, 0.6) is 0 Å². The zero-order chi connectivity index (χ0) is 18.1. The molecule has 1 heterocycles. The van der Waals surface area contributed by atoms with Crippen LogP contribution in [0.15, 0.2) is 0 Å². The molecule has 1 saturated heterocycles. The number of carbonyl (C=O) groups is 1. The average Bonchev–Trinajstić information content (AvgIpc) is 2.66. The molecule has 0 aromatic rings. The molecule has 0 bridgehead atoms. The Labute approximate surface area is 142 Å². The number of hydrogen-bond donors (Lipinski definition) is 1. The van der Waals surface area contributed by atoms with Crippen molar-refractivity contribution in [1.82, 2.24) is 4.90 Å². The van der Waals surface area contributed by atoms with Crippen LogP contribution < -0.4 is 0 Å². The lowest BCUT2D eigenvalue weighted by atomic mass is 10.1. The van der Waals surface area contributed by atoms with Crippen molar-refractivity contribution in [3.05, 3.63) is 0 Å². The van der Waals surface area contributed by atoms with Crippen LogP contribution >= 0.6 is 0 Å². The Morgan fingerprint density at radius 1 is 1.17 bits per heavy atom. The minimum Gasteiger partial charge on any atom is -0.444 e. The topological polar surface area (TPSA) is 59.0 Å². The summed E-state index contributed by atoms with van der Waals surface area (Å²) in [5.74, 6) is 0. The monoisotopic (exact) mass is 345 g/mol. The fourth-order valence-corrected chi connectivity index (χ4v) is 3.46. The molecule has 136 valence electrons. The minimum atomic E-state index is -1.78. The highest BCUT2D eigenvalue weighted by molar-refractivity contribution is 6.74. The Kier molecular flexibility index (Phi) is 6.32. The first kappa shape index (κ1) is 20.5. The lowest BCUT2D eigenvalue weighted by molar-refractivity contribution is -0.0262. The maximum atomic E-state index is 12.3. The van der Waals surface area contributed by atoms with Crippen LogP contribution in [0.25, 0.3) is 0 Å². The SMILES string of the molecule is CC(C)(C)OC(=O)N1C(O)CC[C@H]1CCO[Si](C)(C)C(C)(C)C. The van der Waals surface area contributed by atoms with Gasteiger partial charge in [0.05, 0.1) is 0 Å². The van der Waals surface area contributed by atoms with Gasteiger partial charge in [-0.05, 0) is 58.2 Å². The van der Waals surface area contributed by atoms with Crippen molar-refractivity contribution in [1.29, 1.82) is 0 Å². The van der Waals surface area contributed by atoms with Crippen molar-refractivity contribution in [2.75, 3.05) is 6.61 Å². The van der Waals surface area contributed by atoms with Crippen molar-refractivity contribution in [3.63, 3.8) is 0 Å². The first-order chi connectivity index (χ1) is 10.2. The smallest absolute Gasteiger partial charge is 0.412 e. The minimum absolute atomic E-state index is 0.00961. The van der Waals surface area contributed by atoms with Crippen LogP contribution in [-0.2, 0) is 9.16 Å². The molecule has 1 aliphatic rings. The molecule has 0 aliphatic carbocycles. The standard InChI is InChI=1S/C17H35NO4Si/c1-16(2,3)22-15(20)18-13(9-10-14(18)19)11-12-21-23(7,8)17(4,5)6/h13-14,19H,9-12H2,1-8H3/t13-,14?/m0/s1. The van der Waals surface area contributed by atoms with Crippen molar-refractivity contribution >= 4 is 14.4 Å². The molecule has 2 atom stereocenters. The summed E-state index contributed by atoms with van der Waals surface area (Å²) >= 11 is 0. The van der Waals surface area contributed by atoms with Gasteiger partial charge in [0.25, 0.3) is 0 Å². The summed E-state index contributed by atoms with van der Waals surface area (Å²) in [7, 11) is -1.78. The number of hydrogen-bond acceptors (Lipinski definition) is 4. The van der Waals surface area contributed by atoms with Crippen LogP contribution in [0.1, 0.15) is 60.8 Å². The van der Waals surface area contributed by atoms with Gasteiger partial charge in [0.1, 0.15) is 11.8 Å². The van der Waals surface area contributed by atoms with Crippen LogP contribution in [-0.4, -0.2) is 48.9 Å². The second-order valence-electron chi connectivity index (χ2n) is 9.00. The number of rotatable bonds is 4. The number of amides is 1. The van der Waals surface area contributed by atoms with E-state index in [2.05, 4.69) is 33.9 Å². The Balaban J connectivity index is 2.60. The molecule has 1 amide bonds. The predicted octanol–water partition coefficient (Wildman–Crippen LogP) is 4.12. The summed E-state index contributed by atoms with van der Waals surface area (Å²) in [6.07, 6.45) is 0.955. The first-order valence-electron chi connectivity index (χ1n) is 8.58. The van der Waals surface area contributed by atoms with Crippen LogP contribution in [0.3, 0.4) is 0 Å². The maximum Gasteiger partial charge on any atom is 0.412 e. The van der Waals surface area contributed by atoms with E-state index < -0.39 is 26.2 Å². The Bertz CT molecular complexity index is 412. The number of ether oxygens (including phenoxy) is 1. The van der Waals surface area contributed by atoms with Gasteiger partial charge in [0.2, 0.25) is 0 Å². The van der Waals surface area contributed by atoms with E-state index in [4.69, 9.17) is 9.16 Å². The molecular weight excluding hydrogens is 310 g/mol. The highest BCUT2D eigenvalue weighted by Gasteiger charge is 2.40. The van der Waals surface area contributed by atoms with Gasteiger partial charge >= 0.3 is 6.09 Å². The largest absolute Gasteiger partial charge is 0.444 e. The Hall–Kier alpha value is -0.593. The van der Waals surface area contributed by atoms with Crippen molar-refractivity contribution < 1.29 is 19.1 Å². The molecule has 5 nitrogen and oxygen atoms in total. The molecule has 0 spiro atoms. The van der Waals surface area contributed by atoms with Gasteiger partial charge in [-0.1, -0.05) is 20.8 Å². The van der Waals surface area contributed by atoms with Gasteiger partial charge < -0.3 is 14.3 Å². The summed E-state index contributed by atoms with van der Waals surface area (Å²) in [4.78, 5) is 13.8. The molecule has 1 fully saturated rings. The molecule has 1 N–H and O–H groups in total. The van der Waals surface area contributed by atoms with E-state index in [9.17, 15) is 9.90 Å². The number of carbonyl (C=O) groups excluding carboxylic acids is 1. The van der Waals surface area contributed by atoms with Gasteiger partial charge in [-0.3, -0.25) is 4.90 Å². The van der Waals surface area contributed by atoms with Crippen molar-refractivity contribution in [2.24, 2.45) is 0 Å². The average molecular weight is 346 g/mol. The van der Waals surface area contributed by atoms with E-state index in [0.29, 0.717) is 13.0 Å². The fourth-order valence-electron chi connectivity index (χ4n) is 2.40. The molecule has 1 rings (SSSR count). The molecular formula is C17H35NO4Si. The summed E-state index contributed by atoms with van der Waals surface area (Å²) in [6, 6.07) is -0.00961. The van der Waals surface area contributed by atoms with Gasteiger partial charge in [-0.25, -0.2) is 4.79 Å². The fraction of sp³-hybridized carbons (Fsp3) is 0.941. The van der Waals surface area contributed by atoms with E-state index in [0.717, 1.165) is 12.8 Å². The molecule has 23 heavy (non-hydrogen) atoms. The first-order valence-corrected chi connectivity index (χ1v) is 11.5. The lowest BCUT2D eigenvalue weighted by Gasteiger charge is -2.37. The molecule has 0 saturated carbocycles. The summed E-state index contributed by atoms with van der Waals surface area (Å²) < 4.78 is 11.6. The van der Waals surface area contributed by atoms with Crippen LogP contribution in [0, 0.1) is 0 Å². The number of aliphatic hydroxyl groups excluding tert-OH is 1. The predicted molar refractivity (Wildman–Crippen MR) is 94.9 cm³/mol. The Morgan fingerprint density at radius 3 is 2.22 bits per heavy atom. The highest BCUT2D eigenvalue weighted by Crippen LogP contribution is 2.37. The Morgan fingerprint density at radius 2 is 1.74 bits per heavy atom. The third-order valence-electron chi connectivity index (χ3n) is 4.80. The zero-order valence-electron chi connectivity index (χ0n) is 16.1. The van der Waals surface area contributed by atoms with Crippen molar-refractivity contribution in [3.8, 4) is 0 Å². The van der Waals surface area contributed by atoms with Gasteiger partial charge in [0, 0.05) is 12.6 Å². The van der Waals surface area contributed by atoms with Crippen molar-refractivity contribution in [2.45, 2.75) is 96.8 Å². The summed E-state index contributed by atoms with van der Waals surface area (Å²) in [6.45, 7) is 17.2. The number of likely N-dealkylation sites (tertiary alicyclic amines) is 1. The molecule has 0 aromatic heterocycles. The summed E-state index contributed by atoms with van der Waals surface area (Å²) in [5.41, 5.74) is -0.554. The number of nitrogens with zero attached hydrogens (tertiary/aromatic N) is 1. The van der Waals surface area contributed by atoms with E-state index in [1.165, 1.54) is 4.90 Å². The van der Waals surface area contributed by atoms with E-state index in [1.54, 1.807) is 0 Å². The second kappa shape index (κ2) is 7.11. The quantitative estimate of drug-likeness (QED) is 0.779. The summed E-state index contributed by atoms with van der Waals surface area (Å²) in [5, 5.41) is 10.3. The van der Waals surface area contributed by atoms with Gasteiger partial charge in [-0.2, -0.15) is 0 Å². The van der Waals surface area contributed by atoms with Crippen LogP contribution in [0.4, 0.5) is 4.79 Å².